The molecule has 3 aromatic rings. The number of non-ortho nitro benzene ring substituents is 1. The van der Waals surface area contributed by atoms with Gasteiger partial charge in [-0.3, -0.25) is 25.0 Å². The lowest BCUT2D eigenvalue weighted by atomic mass is 10.1. The van der Waals surface area contributed by atoms with E-state index in [0.29, 0.717) is 21.8 Å². The molecule has 8 heteroatoms. The number of amides is 1. The van der Waals surface area contributed by atoms with Gasteiger partial charge in [-0.25, -0.2) is 4.98 Å². The van der Waals surface area contributed by atoms with Crippen LogP contribution in [0.25, 0.3) is 10.2 Å². The van der Waals surface area contributed by atoms with Crippen LogP contribution >= 0.6 is 11.3 Å². The lowest BCUT2D eigenvalue weighted by Crippen LogP contribution is -2.11. The Morgan fingerprint density at radius 3 is 2.42 bits per heavy atom. The topological polar surface area (TPSA) is 102 Å². The van der Waals surface area contributed by atoms with Gasteiger partial charge in [0.25, 0.3) is 11.6 Å². The molecule has 0 saturated heterocycles. The van der Waals surface area contributed by atoms with E-state index in [1.54, 1.807) is 30.3 Å². The van der Waals surface area contributed by atoms with Gasteiger partial charge in [0.05, 0.1) is 15.1 Å². The van der Waals surface area contributed by atoms with Crippen molar-refractivity contribution in [1.82, 2.24) is 4.98 Å². The zero-order valence-corrected chi connectivity index (χ0v) is 13.3. The summed E-state index contributed by atoms with van der Waals surface area (Å²) in [6, 6.07) is 10.6. The highest BCUT2D eigenvalue weighted by Gasteiger charge is 2.13. The van der Waals surface area contributed by atoms with Gasteiger partial charge >= 0.3 is 0 Å². The molecule has 0 radical (unpaired) electrons. The highest BCUT2D eigenvalue weighted by molar-refractivity contribution is 7.22. The number of benzene rings is 2. The van der Waals surface area contributed by atoms with Gasteiger partial charge < -0.3 is 0 Å². The van der Waals surface area contributed by atoms with Crippen molar-refractivity contribution < 1.29 is 14.5 Å². The zero-order chi connectivity index (χ0) is 17.3. The number of rotatable bonds is 4. The molecular formula is C16H11N3O4S. The molecule has 0 aliphatic rings. The summed E-state index contributed by atoms with van der Waals surface area (Å²) in [5.41, 5.74) is 1.33. The van der Waals surface area contributed by atoms with Gasteiger partial charge in [0.2, 0.25) is 0 Å². The minimum atomic E-state index is -0.492. The maximum atomic E-state index is 12.2. The lowest BCUT2D eigenvalue weighted by Gasteiger charge is -2.02. The number of carbonyl (C=O) groups is 2. The van der Waals surface area contributed by atoms with Crippen LogP contribution in [0, 0.1) is 10.1 Å². The van der Waals surface area contributed by atoms with Gasteiger partial charge in [-0.2, -0.15) is 0 Å². The second kappa shape index (κ2) is 6.17. The first-order valence-electron chi connectivity index (χ1n) is 6.91. The monoisotopic (exact) mass is 341 g/mol. The maximum absolute atomic E-state index is 12.2. The van der Waals surface area contributed by atoms with Crippen molar-refractivity contribution in [2.75, 3.05) is 5.32 Å². The number of nitrogens with zero attached hydrogens (tertiary/aromatic N) is 2. The first kappa shape index (κ1) is 15.8. The van der Waals surface area contributed by atoms with Crippen LogP contribution in [0.2, 0.25) is 0 Å². The van der Waals surface area contributed by atoms with E-state index < -0.39 is 4.92 Å². The molecule has 0 aliphatic heterocycles. The van der Waals surface area contributed by atoms with E-state index in [1.165, 1.54) is 30.4 Å². The molecule has 0 atom stereocenters. The van der Waals surface area contributed by atoms with E-state index >= 15 is 0 Å². The molecule has 1 N–H and O–H groups in total. The number of nitrogens with one attached hydrogen (secondary N) is 1. The molecule has 0 spiro atoms. The van der Waals surface area contributed by atoms with E-state index in [4.69, 9.17) is 0 Å². The summed E-state index contributed by atoms with van der Waals surface area (Å²) >= 11 is 1.23. The van der Waals surface area contributed by atoms with Crippen LogP contribution < -0.4 is 5.32 Å². The summed E-state index contributed by atoms with van der Waals surface area (Å²) in [6.45, 7) is 1.45. The van der Waals surface area contributed by atoms with E-state index in [1.807, 2.05) is 0 Å². The Hall–Kier alpha value is -3.13. The molecule has 1 heterocycles. The fraction of sp³-hybridized carbons (Fsp3) is 0.0625. The average molecular weight is 341 g/mol. The van der Waals surface area contributed by atoms with Crippen LogP contribution in [0.3, 0.4) is 0 Å². The van der Waals surface area contributed by atoms with Crippen molar-refractivity contribution in [3.05, 3.63) is 63.7 Å². The summed E-state index contributed by atoms with van der Waals surface area (Å²) < 4.78 is 0.739. The van der Waals surface area contributed by atoms with Crippen LogP contribution in [0.4, 0.5) is 10.8 Å². The number of carbonyl (C=O) groups excluding carboxylic acids is 2. The van der Waals surface area contributed by atoms with Crippen molar-refractivity contribution in [3.8, 4) is 0 Å². The molecule has 2 aromatic carbocycles. The third-order valence-corrected chi connectivity index (χ3v) is 4.31. The van der Waals surface area contributed by atoms with Gasteiger partial charge in [-0.1, -0.05) is 23.5 Å². The van der Waals surface area contributed by atoms with Crippen molar-refractivity contribution in [2.45, 2.75) is 6.92 Å². The number of hydrogen-bond donors (Lipinski definition) is 1. The Morgan fingerprint density at radius 1 is 1.12 bits per heavy atom. The minimum Gasteiger partial charge on any atom is -0.298 e. The summed E-state index contributed by atoms with van der Waals surface area (Å²) in [5, 5.41) is 13.8. The predicted octanol–water partition coefficient (Wildman–Crippen LogP) is 3.66. The predicted molar refractivity (Wildman–Crippen MR) is 90.7 cm³/mol. The normalized spacial score (nSPS) is 10.5. The number of anilines is 1. The zero-order valence-electron chi connectivity index (χ0n) is 12.5. The van der Waals surface area contributed by atoms with Crippen LogP contribution in [0.1, 0.15) is 27.6 Å². The molecule has 0 fully saturated rings. The standard InChI is InChI=1S/C16H11N3O4S/c1-9(20)10-2-4-11(5-3-10)15(21)18-16-17-13-8-12(19(22)23)6-7-14(13)24-16/h2-8H,1H3,(H,17,18,21). The highest BCUT2D eigenvalue weighted by Crippen LogP contribution is 2.29. The Kier molecular flexibility index (Phi) is 4.05. The van der Waals surface area contributed by atoms with Gasteiger partial charge in [0.15, 0.2) is 10.9 Å². The molecule has 0 unspecified atom stereocenters. The molecule has 120 valence electrons. The van der Waals surface area contributed by atoms with E-state index in [9.17, 15) is 19.7 Å². The number of ketones is 1. The molecule has 0 aliphatic carbocycles. The first-order chi connectivity index (χ1) is 11.4. The van der Waals surface area contributed by atoms with E-state index in [0.717, 1.165) is 4.70 Å². The quantitative estimate of drug-likeness (QED) is 0.443. The number of aromatic nitrogens is 1. The second-order valence-electron chi connectivity index (χ2n) is 5.02. The number of fused-ring (bicyclic) bond motifs is 1. The summed E-state index contributed by atoms with van der Waals surface area (Å²) in [7, 11) is 0. The highest BCUT2D eigenvalue weighted by atomic mass is 32.1. The molecule has 1 aromatic heterocycles. The number of thiazole rings is 1. The average Bonchev–Trinajstić information content (AvgIpc) is 2.96. The summed E-state index contributed by atoms with van der Waals surface area (Å²) in [4.78, 5) is 37.9. The third kappa shape index (κ3) is 3.13. The Balaban J connectivity index is 1.82. The molecule has 1 amide bonds. The lowest BCUT2D eigenvalue weighted by molar-refractivity contribution is -0.384. The van der Waals surface area contributed by atoms with Crippen LogP contribution in [0.5, 0.6) is 0 Å². The van der Waals surface area contributed by atoms with E-state index in [2.05, 4.69) is 10.3 Å². The van der Waals surface area contributed by atoms with Crippen LogP contribution in [-0.4, -0.2) is 21.6 Å². The van der Waals surface area contributed by atoms with Gasteiger partial charge in [-0.15, -0.1) is 0 Å². The molecule has 24 heavy (non-hydrogen) atoms. The van der Waals surface area contributed by atoms with Crippen molar-refractivity contribution in [3.63, 3.8) is 0 Å². The third-order valence-electron chi connectivity index (χ3n) is 3.36. The van der Waals surface area contributed by atoms with E-state index in [-0.39, 0.29) is 17.4 Å². The number of nitro benzene ring substituents is 1. The van der Waals surface area contributed by atoms with Crippen molar-refractivity contribution >= 4 is 44.1 Å². The second-order valence-corrected chi connectivity index (χ2v) is 6.05. The fourth-order valence-electron chi connectivity index (χ4n) is 2.11. The van der Waals surface area contributed by atoms with Crippen LogP contribution in [-0.2, 0) is 0 Å². The molecule has 0 saturated carbocycles. The first-order valence-corrected chi connectivity index (χ1v) is 7.73. The van der Waals surface area contributed by atoms with Crippen molar-refractivity contribution in [2.24, 2.45) is 0 Å². The molecular weight excluding hydrogens is 330 g/mol. The number of hydrogen-bond acceptors (Lipinski definition) is 6. The molecule has 0 bridgehead atoms. The van der Waals surface area contributed by atoms with Crippen LogP contribution in [0.15, 0.2) is 42.5 Å². The number of Topliss-reactive ketones (excluding diaryl/α,β-unsaturated/α-hetero) is 1. The fourth-order valence-corrected chi connectivity index (χ4v) is 2.95. The number of nitro groups is 1. The molecule has 7 nitrogen and oxygen atoms in total. The summed E-state index contributed by atoms with van der Waals surface area (Å²) in [6.07, 6.45) is 0. The van der Waals surface area contributed by atoms with Gasteiger partial charge in [0.1, 0.15) is 0 Å². The summed E-state index contributed by atoms with van der Waals surface area (Å²) in [5.74, 6) is -0.437. The Bertz CT molecular complexity index is 963. The Morgan fingerprint density at radius 2 is 1.79 bits per heavy atom. The molecule has 3 rings (SSSR count). The smallest absolute Gasteiger partial charge is 0.271 e. The minimum absolute atomic E-state index is 0.0505. The van der Waals surface area contributed by atoms with Gasteiger partial charge in [-0.05, 0) is 25.1 Å². The largest absolute Gasteiger partial charge is 0.298 e. The SMILES string of the molecule is CC(=O)c1ccc(C(=O)Nc2nc3cc([N+](=O)[O-])ccc3s2)cc1. The van der Waals surface area contributed by atoms with Gasteiger partial charge in [0, 0.05) is 23.3 Å². The Labute approximate surface area is 140 Å². The maximum Gasteiger partial charge on any atom is 0.271 e. The van der Waals surface area contributed by atoms with Crippen molar-refractivity contribution in [1.29, 1.82) is 0 Å².